The van der Waals surface area contributed by atoms with E-state index in [9.17, 15) is 4.79 Å². The van der Waals surface area contributed by atoms with Crippen molar-refractivity contribution in [1.82, 2.24) is 0 Å². The summed E-state index contributed by atoms with van der Waals surface area (Å²) in [4.78, 5) is 13.3. The molecule has 0 amide bonds. The van der Waals surface area contributed by atoms with Gasteiger partial charge in [0.05, 0.1) is 5.56 Å². The average Bonchev–Trinajstić information content (AvgIpc) is 2.58. The quantitative estimate of drug-likeness (QED) is 0.853. The van der Waals surface area contributed by atoms with Gasteiger partial charge >= 0.3 is 5.97 Å². The van der Waals surface area contributed by atoms with E-state index >= 15 is 0 Å². The number of anilines is 1. The van der Waals surface area contributed by atoms with Gasteiger partial charge in [-0.2, -0.15) is 0 Å². The maximum Gasteiger partial charge on any atom is 0.335 e. The van der Waals surface area contributed by atoms with Crippen LogP contribution >= 0.6 is 0 Å². The lowest BCUT2D eigenvalue weighted by atomic mass is 10.00. The topological polar surface area (TPSA) is 40.5 Å². The molecule has 0 saturated carbocycles. The number of nitrogens with zero attached hydrogens (tertiary/aromatic N) is 1. The molecule has 1 aromatic carbocycles. The zero-order chi connectivity index (χ0) is 12.6. The third kappa shape index (κ3) is 2.14. The molecule has 3 nitrogen and oxygen atoms in total. The molecule has 0 bridgehead atoms. The molecule has 0 radical (unpaired) electrons. The number of hydrogen-bond donors (Lipinski definition) is 1. The number of aryl methyl sites for hydroxylation is 1. The molecule has 92 valence electrons. The monoisotopic (exact) mass is 233 g/mol. The van der Waals surface area contributed by atoms with Gasteiger partial charge in [0, 0.05) is 17.8 Å². The second kappa shape index (κ2) is 4.06. The maximum absolute atomic E-state index is 10.9. The van der Waals surface area contributed by atoms with Gasteiger partial charge in [0.1, 0.15) is 0 Å². The van der Waals surface area contributed by atoms with Gasteiger partial charge in [0.25, 0.3) is 0 Å². The van der Waals surface area contributed by atoms with Gasteiger partial charge in [-0.25, -0.2) is 4.79 Å². The van der Waals surface area contributed by atoms with Crippen LogP contribution in [0.3, 0.4) is 0 Å². The minimum atomic E-state index is -0.861. The molecule has 1 fully saturated rings. The number of aromatic carboxylic acids is 1. The van der Waals surface area contributed by atoms with Gasteiger partial charge in [-0.1, -0.05) is 0 Å². The van der Waals surface area contributed by atoms with E-state index in [-0.39, 0.29) is 5.54 Å². The lowest BCUT2D eigenvalue weighted by Gasteiger charge is -2.35. The SMILES string of the molecule is Cc1cc(C(=O)O)ccc1N1CCCC1(C)C. The molecule has 0 aromatic heterocycles. The van der Waals surface area contributed by atoms with Crippen molar-refractivity contribution < 1.29 is 9.90 Å². The standard InChI is InChI=1S/C14H19NO2/c1-10-9-11(13(16)17)5-6-12(10)15-8-4-7-14(15,2)3/h5-6,9H,4,7-8H2,1-3H3,(H,16,17). The van der Waals surface area contributed by atoms with Crippen molar-refractivity contribution >= 4 is 11.7 Å². The van der Waals surface area contributed by atoms with E-state index in [1.54, 1.807) is 12.1 Å². The fraction of sp³-hybridized carbons (Fsp3) is 0.500. The molecule has 1 heterocycles. The molecular weight excluding hydrogens is 214 g/mol. The van der Waals surface area contributed by atoms with Gasteiger partial charge in [-0.15, -0.1) is 0 Å². The Bertz CT molecular complexity index is 452. The molecule has 0 aliphatic carbocycles. The molecule has 17 heavy (non-hydrogen) atoms. The molecule has 3 heteroatoms. The molecule has 1 aliphatic rings. The summed E-state index contributed by atoms with van der Waals surface area (Å²) >= 11 is 0. The number of carbonyl (C=O) groups is 1. The molecule has 2 rings (SSSR count). The minimum Gasteiger partial charge on any atom is -0.478 e. The minimum absolute atomic E-state index is 0.176. The Labute approximate surface area is 102 Å². The number of hydrogen-bond acceptors (Lipinski definition) is 2. The zero-order valence-electron chi connectivity index (χ0n) is 10.7. The summed E-state index contributed by atoms with van der Waals surface area (Å²) in [7, 11) is 0. The van der Waals surface area contributed by atoms with Gasteiger partial charge < -0.3 is 10.0 Å². The summed E-state index contributed by atoms with van der Waals surface area (Å²) in [6.07, 6.45) is 2.39. The van der Waals surface area contributed by atoms with E-state index in [0.717, 1.165) is 17.8 Å². The molecule has 0 unspecified atom stereocenters. The first-order chi connectivity index (χ1) is 7.92. The average molecular weight is 233 g/mol. The highest BCUT2D eigenvalue weighted by atomic mass is 16.4. The van der Waals surface area contributed by atoms with E-state index in [2.05, 4.69) is 18.7 Å². The second-order valence-corrected chi connectivity index (χ2v) is 5.37. The lowest BCUT2D eigenvalue weighted by molar-refractivity contribution is 0.0697. The number of rotatable bonds is 2. The molecule has 0 atom stereocenters. The van der Waals surface area contributed by atoms with Crippen LogP contribution < -0.4 is 4.90 Å². The Kier molecular flexibility index (Phi) is 2.86. The van der Waals surface area contributed by atoms with Crippen molar-refractivity contribution in [1.29, 1.82) is 0 Å². The van der Waals surface area contributed by atoms with Crippen molar-refractivity contribution in [2.24, 2.45) is 0 Å². The molecule has 1 aliphatic heterocycles. The van der Waals surface area contributed by atoms with E-state index in [0.29, 0.717) is 5.56 Å². The van der Waals surface area contributed by atoms with Crippen molar-refractivity contribution in [2.45, 2.75) is 39.2 Å². The largest absolute Gasteiger partial charge is 0.478 e. The third-order valence-corrected chi connectivity index (χ3v) is 3.64. The van der Waals surface area contributed by atoms with E-state index in [4.69, 9.17) is 5.11 Å². The fourth-order valence-electron chi connectivity index (χ4n) is 2.65. The Morgan fingerprint density at radius 3 is 2.59 bits per heavy atom. The summed E-state index contributed by atoms with van der Waals surface area (Å²) in [6, 6.07) is 5.39. The number of carboxylic acid groups (broad SMARTS) is 1. The van der Waals surface area contributed by atoms with E-state index < -0.39 is 5.97 Å². The highest BCUT2D eigenvalue weighted by molar-refractivity contribution is 5.88. The van der Waals surface area contributed by atoms with Gasteiger partial charge in [0.2, 0.25) is 0 Å². The van der Waals surface area contributed by atoms with Gasteiger partial charge in [-0.05, 0) is 57.4 Å². The van der Waals surface area contributed by atoms with Crippen LogP contribution in [-0.4, -0.2) is 23.2 Å². The first-order valence-electron chi connectivity index (χ1n) is 6.03. The molecule has 1 aromatic rings. The van der Waals surface area contributed by atoms with Crippen LogP contribution in [0.1, 0.15) is 42.6 Å². The zero-order valence-corrected chi connectivity index (χ0v) is 10.7. The summed E-state index contributed by atoms with van der Waals surface area (Å²) in [5, 5.41) is 8.95. The Morgan fingerprint density at radius 1 is 1.41 bits per heavy atom. The Morgan fingerprint density at radius 2 is 2.12 bits per heavy atom. The first-order valence-corrected chi connectivity index (χ1v) is 6.03. The Hall–Kier alpha value is -1.51. The van der Waals surface area contributed by atoms with Crippen LogP contribution in [0.2, 0.25) is 0 Å². The predicted octanol–water partition coefficient (Wildman–Crippen LogP) is 3.07. The van der Waals surface area contributed by atoms with Crippen molar-refractivity contribution in [3.05, 3.63) is 29.3 Å². The summed E-state index contributed by atoms with van der Waals surface area (Å²) in [5.41, 5.74) is 2.75. The van der Waals surface area contributed by atoms with Gasteiger partial charge in [-0.3, -0.25) is 0 Å². The summed E-state index contributed by atoms with van der Waals surface area (Å²) in [5.74, 6) is -0.861. The van der Waals surface area contributed by atoms with Crippen molar-refractivity contribution in [2.75, 3.05) is 11.4 Å². The first kappa shape index (κ1) is 12.0. The van der Waals surface area contributed by atoms with Crippen LogP contribution in [0, 0.1) is 6.92 Å². The maximum atomic E-state index is 10.9. The molecule has 0 spiro atoms. The molecular formula is C14H19NO2. The van der Waals surface area contributed by atoms with E-state index in [1.165, 1.54) is 12.8 Å². The predicted molar refractivity (Wildman–Crippen MR) is 68.8 cm³/mol. The second-order valence-electron chi connectivity index (χ2n) is 5.37. The summed E-state index contributed by atoms with van der Waals surface area (Å²) < 4.78 is 0. The smallest absolute Gasteiger partial charge is 0.335 e. The van der Waals surface area contributed by atoms with E-state index in [1.807, 2.05) is 13.0 Å². The van der Waals surface area contributed by atoms with Crippen molar-refractivity contribution in [3.8, 4) is 0 Å². The van der Waals surface area contributed by atoms with Crippen LogP contribution in [0.5, 0.6) is 0 Å². The molecule has 1 N–H and O–H groups in total. The van der Waals surface area contributed by atoms with Gasteiger partial charge in [0.15, 0.2) is 0 Å². The van der Waals surface area contributed by atoms with Crippen LogP contribution in [0.4, 0.5) is 5.69 Å². The van der Waals surface area contributed by atoms with Crippen LogP contribution in [-0.2, 0) is 0 Å². The normalized spacial score (nSPS) is 18.4. The number of carboxylic acids is 1. The third-order valence-electron chi connectivity index (χ3n) is 3.64. The molecule has 1 saturated heterocycles. The van der Waals surface area contributed by atoms with Crippen LogP contribution in [0.15, 0.2) is 18.2 Å². The van der Waals surface area contributed by atoms with Crippen molar-refractivity contribution in [3.63, 3.8) is 0 Å². The highest BCUT2D eigenvalue weighted by Crippen LogP contribution is 2.35. The van der Waals surface area contributed by atoms with Crippen LogP contribution in [0.25, 0.3) is 0 Å². The Balaban J connectivity index is 2.37. The highest BCUT2D eigenvalue weighted by Gasteiger charge is 2.32. The fourth-order valence-corrected chi connectivity index (χ4v) is 2.65. The number of benzene rings is 1. The lowest BCUT2D eigenvalue weighted by Crippen LogP contribution is -2.38. The summed E-state index contributed by atoms with van der Waals surface area (Å²) in [6.45, 7) is 7.52.